The zero-order chi connectivity index (χ0) is 8.81. The Morgan fingerprint density at radius 1 is 1.75 bits per heavy atom. The molecule has 1 saturated heterocycles. The van der Waals surface area contributed by atoms with Crippen LogP contribution >= 0.6 is 11.8 Å². The molecule has 0 aliphatic carbocycles. The summed E-state index contributed by atoms with van der Waals surface area (Å²) >= 11 is 2.09. The van der Waals surface area contributed by atoms with Gasteiger partial charge in [0.25, 0.3) is 0 Å². The minimum Gasteiger partial charge on any atom is -0.314 e. The number of rotatable bonds is 5. The Morgan fingerprint density at radius 2 is 2.58 bits per heavy atom. The van der Waals surface area contributed by atoms with Gasteiger partial charge in [0, 0.05) is 6.04 Å². The molecule has 1 nitrogen and oxygen atoms in total. The first-order chi connectivity index (χ1) is 5.88. The molecule has 0 bridgehead atoms. The van der Waals surface area contributed by atoms with Crippen molar-refractivity contribution in [1.29, 1.82) is 0 Å². The van der Waals surface area contributed by atoms with Crippen molar-refractivity contribution in [1.82, 2.24) is 5.32 Å². The zero-order valence-electron chi connectivity index (χ0n) is 7.88. The topological polar surface area (TPSA) is 12.0 Å². The second-order valence-corrected chi connectivity index (χ2v) is 4.46. The Hall–Kier alpha value is 0.0500. The Morgan fingerprint density at radius 3 is 3.08 bits per heavy atom. The van der Waals surface area contributed by atoms with Gasteiger partial charge in [0.1, 0.15) is 0 Å². The molecule has 1 rings (SSSR count). The molecular formula is C10H19NS. The second-order valence-electron chi connectivity index (χ2n) is 3.31. The van der Waals surface area contributed by atoms with E-state index in [0.717, 1.165) is 18.9 Å². The van der Waals surface area contributed by atoms with Crippen molar-refractivity contribution in [2.75, 3.05) is 18.1 Å². The molecule has 1 heterocycles. The molecule has 0 spiro atoms. The Balaban J connectivity index is 2.33. The third-order valence-corrected chi connectivity index (χ3v) is 3.61. The van der Waals surface area contributed by atoms with E-state index in [9.17, 15) is 0 Å². The maximum Gasteiger partial charge on any atom is 0.0138 e. The van der Waals surface area contributed by atoms with Crippen LogP contribution in [0.2, 0.25) is 0 Å². The SMILES string of the molecule is C=CCC(NCC)C1CCSC1. The van der Waals surface area contributed by atoms with E-state index in [0.29, 0.717) is 6.04 Å². The van der Waals surface area contributed by atoms with Gasteiger partial charge in [-0.3, -0.25) is 0 Å². The smallest absolute Gasteiger partial charge is 0.0138 e. The first kappa shape index (κ1) is 10.1. The zero-order valence-corrected chi connectivity index (χ0v) is 8.70. The minimum atomic E-state index is 0.683. The summed E-state index contributed by atoms with van der Waals surface area (Å²) in [6, 6.07) is 0.683. The molecule has 0 aromatic heterocycles. The molecule has 70 valence electrons. The van der Waals surface area contributed by atoms with E-state index in [1.165, 1.54) is 17.9 Å². The highest BCUT2D eigenvalue weighted by atomic mass is 32.2. The molecule has 0 radical (unpaired) electrons. The van der Waals surface area contributed by atoms with E-state index in [-0.39, 0.29) is 0 Å². The highest BCUT2D eigenvalue weighted by Gasteiger charge is 2.23. The predicted molar refractivity (Wildman–Crippen MR) is 57.7 cm³/mol. The summed E-state index contributed by atoms with van der Waals surface area (Å²) in [6.07, 6.45) is 4.55. The summed E-state index contributed by atoms with van der Waals surface area (Å²) in [5, 5.41) is 3.54. The summed E-state index contributed by atoms with van der Waals surface area (Å²) in [5.74, 6) is 3.57. The van der Waals surface area contributed by atoms with E-state index in [1.54, 1.807) is 0 Å². The monoisotopic (exact) mass is 185 g/mol. The molecular weight excluding hydrogens is 166 g/mol. The van der Waals surface area contributed by atoms with Gasteiger partial charge in [-0.15, -0.1) is 6.58 Å². The molecule has 1 fully saturated rings. The summed E-state index contributed by atoms with van der Waals surface area (Å²) in [7, 11) is 0. The molecule has 0 aromatic rings. The van der Waals surface area contributed by atoms with Gasteiger partial charge in [0.2, 0.25) is 0 Å². The lowest BCUT2D eigenvalue weighted by molar-refractivity contribution is 0.392. The fourth-order valence-corrected chi connectivity index (χ4v) is 3.09. The van der Waals surface area contributed by atoms with Crippen molar-refractivity contribution in [3.05, 3.63) is 12.7 Å². The molecule has 0 amide bonds. The van der Waals surface area contributed by atoms with Gasteiger partial charge in [-0.2, -0.15) is 11.8 Å². The molecule has 2 unspecified atom stereocenters. The van der Waals surface area contributed by atoms with Crippen LogP contribution in [0.5, 0.6) is 0 Å². The van der Waals surface area contributed by atoms with Gasteiger partial charge < -0.3 is 5.32 Å². The van der Waals surface area contributed by atoms with Crippen molar-refractivity contribution >= 4 is 11.8 Å². The lowest BCUT2D eigenvalue weighted by atomic mass is 9.96. The third kappa shape index (κ3) is 2.83. The van der Waals surface area contributed by atoms with Gasteiger partial charge in [-0.05, 0) is 36.8 Å². The Bertz CT molecular complexity index is 130. The lowest BCUT2D eigenvalue weighted by Crippen LogP contribution is -2.35. The minimum absolute atomic E-state index is 0.683. The van der Waals surface area contributed by atoms with Crippen LogP contribution in [-0.4, -0.2) is 24.1 Å². The standard InChI is InChI=1S/C10H19NS/c1-3-5-10(11-4-2)9-6-7-12-8-9/h3,9-11H,1,4-8H2,2H3. The van der Waals surface area contributed by atoms with Crippen molar-refractivity contribution in [2.45, 2.75) is 25.8 Å². The molecule has 0 aromatic carbocycles. The van der Waals surface area contributed by atoms with Gasteiger partial charge in [0.05, 0.1) is 0 Å². The summed E-state index contributed by atoms with van der Waals surface area (Å²) in [4.78, 5) is 0. The molecule has 2 heteroatoms. The second kappa shape index (κ2) is 5.65. The van der Waals surface area contributed by atoms with E-state index in [2.05, 4.69) is 30.6 Å². The highest BCUT2D eigenvalue weighted by Crippen LogP contribution is 2.27. The van der Waals surface area contributed by atoms with Gasteiger partial charge in [-0.1, -0.05) is 13.0 Å². The third-order valence-electron chi connectivity index (χ3n) is 2.42. The molecule has 1 aliphatic heterocycles. The average molecular weight is 185 g/mol. The van der Waals surface area contributed by atoms with Gasteiger partial charge in [0.15, 0.2) is 0 Å². The summed E-state index contributed by atoms with van der Waals surface area (Å²) in [6.45, 7) is 7.07. The fourth-order valence-electron chi connectivity index (χ4n) is 1.75. The predicted octanol–water partition coefficient (Wildman–Crippen LogP) is 2.29. The van der Waals surface area contributed by atoms with Crippen LogP contribution in [0.3, 0.4) is 0 Å². The highest BCUT2D eigenvalue weighted by molar-refractivity contribution is 7.99. The van der Waals surface area contributed by atoms with Crippen LogP contribution < -0.4 is 5.32 Å². The maximum atomic E-state index is 3.81. The largest absolute Gasteiger partial charge is 0.314 e. The lowest BCUT2D eigenvalue weighted by Gasteiger charge is -2.22. The van der Waals surface area contributed by atoms with Crippen LogP contribution in [0.4, 0.5) is 0 Å². The normalized spacial score (nSPS) is 25.6. The number of nitrogens with one attached hydrogen (secondary N) is 1. The Labute approximate surface area is 80.0 Å². The van der Waals surface area contributed by atoms with Crippen molar-refractivity contribution in [3.8, 4) is 0 Å². The summed E-state index contributed by atoms with van der Waals surface area (Å²) in [5.41, 5.74) is 0. The average Bonchev–Trinajstić information content (AvgIpc) is 2.56. The van der Waals surface area contributed by atoms with Gasteiger partial charge >= 0.3 is 0 Å². The van der Waals surface area contributed by atoms with Crippen LogP contribution in [-0.2, 0) is 0 Å². The number of thioether (sulfide) groups is 1. The van der Waals surface area contributed by atoms with Crippen LogP contribution in [0.15, 0.2) is 12.7 Å². The van der Waals surface area contributed by atoms with E-state index in [4.69, 9.17) is 0 Å². The van der Waals surface area contributed by atoms with Crippen molar-refractivity contribution in [3.63, 3.8) is 0 Å². The fraction of sp³-hybridized carbons (Fsp3) is 0.800. The van der Waals surface area contributed by atoms with E-state index < -0.39 is 0 Å². The first-order valence-corrected chi connectivity index (χ1v) is 5.96. The quantitative estimate of drug-likeness (QED) is 0.660. The summed E-state index contributed by atoms with van der Waals surface area (Å²) < 4.78 is 0. The van der Waals surface area contributed by atoms with E-state index in [1.807, 2.05) is 6.08 Å². The molecule has 1 N–H and O–H groups in total. The molecule has 12 heavy (non-hydrogen) atoms. The van der Waals surface area contributed by atoms with Crippen LogP contribution in [0.1, 0.15) is 19.8 Å². The Kier molecular flexibility index (Phi) is 4.77. The molecule has 0 saturated carbocycles. The van der Waals surface area contributed by atoms with Crippen LogP contribution in [0.25, 0.3) is 0 Å². The van der Waals surface area contributed by atoms with Gasteiger partial charge in [-0.25, -0.2) is 0 Å². The first-order valence-electron chi connectivity index (χ1n) is 4.80. The van der Waals surface area contributed by atoms with Crippen molar-refractivity contribution in [2.24, 2.45) is 5.92 Å². The van der Waals surface area contributed by atoms with Crippen LogP contribution in [0, 0.1) is 5.92 Å². The maximum absolute atomic E-state index is 3.81. The number of hydrogen-bond donors (Lipinski definition) is 1. The molecule has 2 atom stereocenters. The molecule has 1 aliphatic rings. The van der Waals surface area contributed by atoms with Crippen molar-refractivity contribution < 1.29 is 0 Å². The van der Waals surface area contributed by atoms with E-state index >= 15 is 0 Å². The number of hydrogen-bond acceptors (Lipinski definition) is 2.